The summed E-state index contributed by atoms with van der Waals surface area (Å²) in [7, 11) is 0. The quantitative estimate of drug-likeness (QED) is 0.697. The molecule has 1 atom stereocenters. The zero-order valence-electron chi connectivity index (χ0n) is 9.32. The van der Waals surface area contributed by atoms with Crippen molar-refractivity contribution in [1.29, 1.82) is 0 Å². The first-order valence-electron chi connectivity index (χ1n) is 5.39. The van der Waals surface area contributed by atoms with Crippen LogP contribution in [0.4, 0.5) is 0 Å². The highest BCUT2D eigenvalue weighted by atomic mass is 14.9. The molecule has 0 saturated carbocycles. The van der Waals surface area contributed by atoms with E-state index in [1.165, 1.54) is 5.56 Å². The van der Waals surface area contributed by atoms with E-state index in [1.807, 2.05) is 24.3 Å². The van der Waals surface area contributed by atoms with Crippen molar-refractivity contribution in [1.82, 2.24) is 5.32 Å². The van der Waals surface area contributed by atoms with Gasteiger partial charge in [-0.2, -0.15) is 0 Å². The highest BCUT2D eigenvalue weighted by molar-refractivity contribution is 5.48. The molecular weight excluding hydrogens is 182 g/mol. The highest BCUT2D eigenvalue weighted by Crippen LogP contribution is 2.00. The molecule has 1 N–H and O–H groups in total. The van der Waals surface area contributed by atoms with E-state index in [0.29, 0.717) is 6.04 Å². The fourth-order valence-electron chi connectivity index (χ4n) is 1.36. The van der Waals surface area contributed by atoms with E-state index in [1.54, 1.807) is 0 Å². The van der Waals surface area contributed by atoms with Gasteiger partial charge in [0.25, 0.3) is 0 Å². The van der Waals surface area contributed by atoms with Crippen LogP contribution in [-0.2, 0) is 0 Å². The van der Waals surface area contributed by atoms with Crippen LogP contribution in [0.25, 0.3) is 6.08 Å². The SMILES string of the molecule is C=CCC(C)NC/C=C/c1ccccc1. The van der Waals surface area contributed by atoms with Gasteiger partial charge in [-0.25, -0.2) is 0 Å². The molecule has 0 fully saturated rings. The van der Waals surface area contributed by atoms with Crippen molar-refractivity contribution in [3.63, 3.8) is 0 Å². The summed E-state index contributed by atoms with van der Waals surface area (Å²) in [6.45, 7) is 6.79. The molecule has 0 spiro atoms. The standard InChI is InChI=1S/C14H19N/c1-3-8-13(2)15-12-7-11-14-9-5-4-6-10-14/h3-7,9-11,13,15H,1,8,12H2,2H3/b11-7+. The summed E-state index contributed by atoms with van der Waals surface area (Å²) in [5, 5.41) is 3.40. The molecule has 1 unspecified atom stereocenters. The first kappa shape index (κ1) is 11.7. The van der Waals surface area contributed by atoms with Gasteiger partial charge in [0.2, 0.25) is 0 Å². The van der Waals surface area contributed by atoms with Crippen molar-refractivity contribution in [3.8, 4) is 0 Å². The molecule has 1 nitrogen and oxygen atoms in total. The molecule has 80 valence electrons. The number of hydrogen-bond acceptors (Lipinski definition) is 1. The van der Waals surface area contributed by atoms with E-state index in [4.69, 9.17) is 0 Å². The molecular formula is C14H19N. The van der Waals surface area contributed by atoms with Crippen LogP contribution in [-0.4, -0.2) is 12.6 Å². The van der Waals surface area contributed by atoms with E-state index in [-0.39, 0.29) is 0 Å². The van der Waals surface area contributed by atoms with Crippen LogP contribution in [0.15, 0.2) is 49.1 Å². The van der Waals surface area contributed by atoms with Crippen molar-refractivity contribution >= 4 is 6.08 Å². The van der Waals surface area contributed by atoms with Gasteiger partial charge in [-0.1, -0.05) is 48.6 Å². The minimum absolute atomic E-state index is 0.503. The molecule has 1 aromatic carbocycles. The number of benzene rings is 1. The van der Waals surface area contributed by atoms with Crippen LogP contribution in [0, 0.1) is 0 Å². The van der Waals surface area contributed by atoms with Gasteiger partial charge < -0.3 is 5.32 Å². The van der Waals surface area contributed by atoms with E-state index in [2.05, 4.69) is 43.1 Å². The Morgan fingerprint density at radius 2 is 2.07 bits per heavy atom. The van der Waals surface area contributed by atoms with Gasteiger partial charge in [-0.15, -0.1) is 6.58 Å². The van der Waals surface area contributed by atoms with Crippen molar-refractivity contribution in [2.75, 3.05) is 6.54 Å². The van der Waals surface area contributed by atoms with Gasteiger partial charge in [0.15, 0.2) is 0 Å². The summed E-state index contributed by atoms with van der Waals surface area (Å²) < 4.78 is 0. The van der Waals surface area contributed by atoms with Crippen LogP contribution < -0.4 is 5.32 Å². The second-order valence-corrected chi connectivity index (χ2v) is 3.65. The molecule has 15 heavy (non-hydrogen) atoms. The Bertz CT molecular complexity index is 300. The Kier molecular flexibility index (Phi) is 5.49. The fraction of sp³-hybridized carbons (Fsp3) is 0.286. The second kappa shape index (κ2) is 7.02. The predicted octanol–water partition coefficient (Wildman–Crippen LogP) is 3.25. The minimum atomic E-state index is 0.503. The molecule has 0 aliphatic carbocycles. The zero-order valence-corrected chi connectivity index (χ0v) is 9.32. The molecule has 0 aliphatic heterocycles. The van der Waals surface area contributed by atoms with Gasteiger partial charge in [0.1, 0.15) is 0 Å². The van der Waals surface area contributed by atoms with Crippen LogP contribution in [0.5, 0.6) is 0 Å². The summed E-state index contributed by atoms with van der Waals surface area (Å²) in [6.07, 6.45) is 7.24. The summed E-state index contributed by atoms with van der Waals surface area (Å²) in [4.78, 5) is 0. The van der Waals surface area contributed by atoms with E-state index >= 15 is 0 Å². The molecule has 1 rings (SSSR count). The third-order valence-corrected chi connectivity index (χ3v) is 2.21. The number of rotatable bonds is 6. The first-order chi connectivity index (χ1) is 7.33. The van der Waals surface area contributed by atoms with Crippen LogP contribution in [0.1, 0.15) is 18.9 Å². The Labute approximate surface area is 92.5 Å². The smallest absolute Gasteiger partial charge is 0.0140 e. The molecule has 0 aliphatic rings. The van der Waals surface area contributed by atoms with Crippen molar-refractivity contribution in [2.24, 2.45) is 0 Å². The van der Waals surface area contributed by atoms with Gasteiger partial charge in [0, 0.05) is 12.6 Å². The summed E-state index contributed by atoms with van der Waals surface area (Å²) >= 11 is 0. The molecule has 0 aromatic heterocycles. The van der Waals surface area contributed by atoms with Gasteiger partial charge in [-0.05, 0) is 18.9 Å². The van der Waals surface area contributed by atoms with Gasteiger partial charge in [-0.3, -0.25) is 0 Å². The Hall–Kier alpha value is -1.34. The lowest BCUT2D eigenvalue weighted by molar-refractivity contribution is 0.591. The average molecular weight is 201 g/mol. The van der Waals surface area contributed by atoms with Crippen molar-refractivity contribution < 1.29 is 0 Å². The predicted molar refractivity (Wildman–Crippen MR) is 67.8 cm³/mol. The normalized spacial score (nSPS) is 12.9. The molecule has 0 amide bonds. The Morgan fingerprint density at radius 1 is 1.33 bits per heavy atom. The highest BCUT2D eigenvalue weighted by Gasteiger charge is 1.94. The Morgan fingerprint density at radius 3 is 2.73 bits per heavy atom. The largest absolute Gasteiger partial charge is 0.310 e. The minimum Gasteiger partial charge on any atom is -0.310 e. The molecule has 1 aromatic rings. The summed E-state index contributed by atoms with van der Waals surface area (Å²) in [5.41, 5.74) is 1.25. The lowest BCUT2D eigenvalue weighted by Gasteiger charge is -2.08. The zero-order chi connectivity index (χ0) is 10.9. The van der Waals surface area contributed by atoms with Crippen molar-refractivity contribution in [3.05, 3.63) is 54.6 Å². The Balaban J connectivity index is 2.25. The maximum atomic E-state index is 3.72. The van der Waals surface area contributed by atoms with Crippen LogP contribution in [0.2, 0.25) is 0 Å². The third kappa shape index (κ3) is 5.18. The van der Waals surface area contributed by atoms with E-state index in [0.717, 1.165) is 13.0 Å². The fourth-order valence-corrected chi connectivity index (χ4v) is 1.36. The maximum absolute atomic E-state index is 3.72. The second-order valence-electron chi connectivity index (χ2n) is 3.65. The average Bonchev–Trinajstić information content (AvgIpc) is 2.26. The van der Waals surface area contributed by atoms with E-state index < -0.39 is 0 Å². The molecule has 0 bridgehead atoms. The molecule has 0 radical (unpaired) electrons. The molecule has 0 heterocycles. The lowest BCUT2D eigenvalue weighted by Crippen LogP contribution is -2.25. The molecule has 1 heteroatoms. The summed E-state index contributed by atoms with van der Waals surface area (Å²) in [5.74, 6) is 0. The number of nitrogens with one attached hydrogen (secondary N) is 1. The third-order valence-electron chi connectivity index (χ3n) is 2.21. The lowest BCUT2D eigenvalue weighted by atomic mass is 10.2. The number of hydrogen-bond donors (Lipinski definition) is 1. The monoisotopic (exact) mass is 201 g/mol. The van der Waals surface area contributed by atoms with Crippen LogP contribution >= 0.6 is 0 Å². The van der Waals surface area contributed by atoms with Crippen LogP contribution in [0.3, 0.4) is 0 Å². The first-order valence-corrected chi connectivity index (χ1v) is 5.39. The van der Waals surface area contributed by atoms with Gasteiger partial charge >= 0.3 is 0 Å². The van der Waals surface area contributed by atoms with E-state index in [9.17, 15) is 0 Å². The maximum Gasteiger partial charge on any atom is 0.0140 e. The molecule has 0 saturated heterocycles. The summed E-state index contributed by atoms with van der Waals surface area (Å²) in [6, 6.07) is 10.8. The topological polar surface area (TPSA) is 12.0 Å². The van der Waals surface area contributed by atoms with Gasteiger partial charge in [0.05, 0.1) is 0 Å². The van der Waals surface area contributed by atoms with Crippen molar-refractivity contribution in [2.45, 2.75) is 19.4 Å².